The minimum Gasteiger partial charge on any atom is -0.310 e. The van der Waals surface area contributed by atoms with Crippen LogP contribution in [0.2, 0.25) is 0 Å². The van der Waals surface area contributed by atoms with Gasteiger partial charge in [0, 0.05) is 17.6 Å². The summed E-state index contributed by atoms with van der Waals surface area (Å²) in [5.74, 6) is 0. The lowest BCUT2D eigenvalue weighted by Crippen LogP contribution is -2.59. The van der Waals surface area contributed by atoms with Crippen LogP contribution in [0.15, 0.2) is 0 Å². The average molecular weight is 210 g/mol. The molecular weight excluding hydrogens is 184 g/mol. The van der Waals surface area contributed by atoms with Gasteiger partial charge in [0.1, 0.15) is 0 Å². The molecule has 15 heavy (non-hydrogen) atoms. The van der Waals surface area contributed by atoms with Gasteiger partial charge in [0.15, 0.2) is 0 Å². The van der Waals surface area contributed by atoms with Crippen LogP contribution in [0.3, 0.4) is 0 Å². The lowest BCUT2D eigenvalue weighted by Gasteiger charge is -2.47. The SMILES string of the molecule is CC(C)N1CCCCC1C1(C)CCCN1. The number of hydrogen-bond acceptors (Lipinski definition) is 2. The van der Waals surface area contributed by atoms with Crippen LogP contribution in [-0.4, -0.2) is 35.6 Å². The van der Waals surface area contributed by atoms with Crippen molar-refractivity contribution in [2.24, 2.45) is 0 Å². The third-order valence-electron chi connectivity index (χ3n) is 4.34. The fraction of sp³-hybridized carbons (Fsp3) is 1.00. The van der Waals surface area contributed by atoms with Crippen molar-refractivity contribution in [1.29, 1.82) is 0 Å². The summed E-state index contributed by atoms with van der Waals surface area (Å²) in [7, 11) is 0. The Morgan fingerprint density at radius 1 is 1.27 bits per heavy atom. The highest BCUT2D eigenvalue weighted by Gasteiger charge is 2.41. The minimum absolute atomic E-state index is 0.394. The number of nitrogens with one attached hydrogen (secondary N) is 1. The molecule has 2 heterocycles. The zero-order valence-corrected chi connectivity index (χ0v) is 10.6. The highest BCUT2D eigenvalue weighted by molar-refractivity contribution is 5.01. The number of hydrogen-bond donors (Lipinski definition) is 1. The van der Waals surface area contributed by atoms with E-state index < -0.39 is 0 Å². The first kappa shape index (κ1) is 11.4. The second-order valence-electron chi connectivity index (χ2n) is 5.79. The van der Waals surface area contributed by atoms with Crippen LogP contribution < -0.4 is 5.32 Å². The van der Waals surface area contributed by atoms with Gasteiger partial charge in [-0.25, -0.2) is 0 Å². The molecule has 2 rings (SSSR count). The van der Waals surface area contributed by atoms with Crippen LogP contribution >= 0.6 is 0 Å². The van der Waals surface area contributed by atoms with Gasteiger partial charge in [-0.15, -0.1) is 0 Å². The Kier molecular flexibility index (Phi) is 3.36. The molecule has 2 heteroatoms. The molecule has 0 bridgehead atoms. The van der Waals surface area contributed by atoms with Crippen LogP contribution in [0.25, 0.3) is 0 Å². The molecular formula is C13H26N2. The molecule has 0 spiro atoms. The van der Waals surface area contributed by atoms with Crippen molar-refractivity contribution in [3.8, 4) is 0 Å². The van der Waals surface area contributed by atoms with Gasteiger partial charge in [-0.1, -0.05) is 6.42 Å². The van der Waals surface area contributed by atoms with Crippen molar-refractivity contribution in [1.82, 2.24) is 10.2 Å². The lowest BCUT2D eigenvalue weighted by atomic mass is 9.83. The van der Waals surface area contributed by atoms with Gasteiger partial charge in [0.05, 0.1) is 0 Å². The van der Waals surface area contributed by atoms with E-state index in [0.29, 0.717) is 11.6 Å². The van der Waals surface area contributed by atoms with E-state index in [-0.39, 0.29) is 0 Å². The molecule has 0 aliphatic carbocycles. The van der Waals surface area contributed by atoms with Gasteiger partial charge in [0.2, 0.25) is 0 Å². The van der Waals surface area contributed by atoms with Crippen LogP contribution in [0.5, 0.6) is 0 Å². The predicted molar refractivity (Wildman–Crippen MR) is 65.1 cm³/mol. The van der Waals surface area contributed by atoms with Crippen LogP contribution in [0, 0.1) is 0 Å². The molecule has 0 amide bonds. The summed E-state index contributed by atoms with van der Waals surface area (Å²) in [4.78, 5) is 2.72. The first-order valence-electron chi connectivity index (χ1n) is 6.64. The van der Waals surface area contributed by atoms with Gasteiger partial charge >= 0.3 is 0 Å². The Labute approximate surface area is 94.4 Å². The van der Waals surface area contributed by atoms with E-state index in [4.69, 9.17) is 0 Å². The molecule has 0 saturated carbocycles. The second-order valence-corrected chi connectivity index (χ2v) is 5.79. The third kappa shape index (κ3) is 2.21. The van der Waals surface area contributed by atoms with Gasteiger partial charge in [0.25, 0.3) is 0 Å². The quantitative estimate of drug-likeness (QED) is 0.753. The first-order chi connectivity index (χ1) is 7.13. The molecule has 88 valence electrons. The normalized spacial score (nSPS) is 38.8. The Balaban J connectivity index is 2.09. The van der Waals surface area contributed by atoms with E-state index in [1.54, 1.807) is 0 Å². The zero-order valence-electron chi connectivity index (χ0n) is 10.6. The summed E-state index contributed by atoms with van der Waals surface area (Å²) >= 11 is 0. The molecule has 2 unspecified atom stereocenters. The van der Waals surface area contributed by atoms with Crippen LogP contribution in [0.4, 0.5) is 0 Å². The van der Waals surface area contributed by atoms with E-state index in [1.165, 1.54) is 45.2 Å². The summed E-state index contributed by atoms with van der Waals surface area (Å²) in [6.07, 6.45) is 6.93. The molecule has 0 aromatic heterocycles. The highest BCUT2D eigenvalue weighted by Crippen LogP contribution is 2.33. The summed E-state index contributed by atoms with van der Waals surface area (Å²) in [6, 6.07) is 1.48. The van der Waals surface area contributed by atoms with Gasteiger partial charge in [-0.2, -0.15) is 0 Å². The summed E-state index contributed by atoms with van der Waals surface area (Å²) in [6.45, 7) is 9.65. The van der Waals surface area contributed by atoms with Crippen LogP contribution in [-0.2, 0) is 0 Å². The molecule has 2 aliphatic heterocycles. The van der Waals surface area contributed by atoms with E-state index >= 15 is 0 Å². The molecule has 1 N–H and O–H groups in total. The average Bonchev–Trinajstić information content (AvgIpc) is 2.66. The minimum atomic E-state index is 0.394. The number of nitrogens with zero attached hydrogens (tertiary/aromatic N) is 1. The van der Waals surface area contributed by atoms with Crippen molar-refractivity contribution in [3.63, 3.8) is 0 Å². The molecule has 2 aliphatic rings. The Bertz CT molecular complexity index is 207. The van der Waals surface area contributed by atoms with Crippen molar-refractivity contribution in [2.75, 3.05) is 13.1 Å². The van der Waals surface area contributed by atoms with E-state index in [1.807, 2.05) is 0 Å². The monoisotopic (exact) mass is 210 g/mol. The number of piperidine rings is 1. The first-order valence-corrected chi connectivity index (χ1v) is 6.64. The second kappa shape index (κ2) is 4.42. The Hall–Kier alpha value is -0.0800. The van der Waals surface area contributed by atoms with Gasteiger partial charge < -0.3 is 5.32 Å². The molecule has 0 aromatic rings. The Morgan fingerprint density at radius 3 is 2.67 bits per heavy atom. The Morgan fingerprint density at radius 2 is 2.07 bits per heavy atom. The molecule has 2 atom stereocenters. The van der Waals surface area contributed by atoms with Gasteiger partial charge in [-0.05, 0) is 59.5 Å². The van der Waals surface area contributed by atoms with E-state index in [0.717, 1.165) is 6.04 Å². The lowest BCUT2D eigenvalue weighted by molar-refractivity contribution is 0.0526. The van der Waals surface area contributed by atoms with E-state index in [9.17, 15) is 0 Å². The van der Waals surface area contributed by atoms with Crippen molar-refractivity contribution < 1.29 is 0 Å². The maximum atomic E-state index is 3.75. The molecule has 2 nitrogen and oxygen atoms in total. The maximum absolute atomic E-state index is 3.75. The molecule has 2 saturated heterocycles. The van der Waals surface area contributed by atoms with Crippen molar-refractivity contribution in [3.05, 3.63) is 0 Å². The molecule has 2 fully saturated rings. The fourth-order valence-corrected chi connectivity index (χ4v) is 3.46. The number of rotatable bonds is 2. The largest absolute Gasteiger partial charge is 0.310 e. The van der Waals surface area contributed by atoms with Crippen molar-refractivity contribution in [2.45, 2.75) is 70.5 Å². The zero-order chi connectivity index (χ0) is 10.9. The summed E-state index contributed by atoms with van der Waals surface area (Å²) in [5, 5.41) is 3.75. The number of likely N-dealkylation sites (tertiary alicyclic amines) is 1. The van der Waals surface area contributed by atoms with Crippen molar-refractivity contribution >= 4 is 0 Å². The molecule has 0 aromatic carbocycles. The molecule has 0 radical (unpaired) electrons. The standard InChI is InChI=1S/C13H26N2/c1-11(2)15-10-5-4-7-12(15)13(3)8-6-9-14-13/h11-12,14H,4-10H2,1-3H3. The summed E-state index contributed by atoms with van der Waals surface area (Å²) in [5.41, 5.74) is 0.394. The maximum Gasteiger partial charge on any atom is 0.0309 e. The van der Waals surface area contributed by atoms with E-state index in [2.05, 4.69) is 31.0 Å². The smallest absolute Gasteiger partial charge is 0.0309 e. The van der Waals surface area contributed by atoms with Crippen LogP contribution in [0.1, 0.15) is 52.9 Å². The fourth-order valence-electron chi connectivity index (χ4n) is 3.46. The third-order valence-corrected chi connectivity index (χ3v) is 4.34. The topological polar surface area (TPSA) is 15.3 Å². The highest BCUT2D eigenvalue weighted by atomic mass is 15.2. The van der Waals surface area contributed by atoms with Gasteiger partial charge in [-0.3, -0.25) is 4.90 Å². The predicted octanol–water partition coefficient (Wildman–Crippen LogP) is 2.39. The summed E-state index contributed by atoms with van der Waals surface area (Å²) < 4.78 is 0.